The van der Waals surface area contributed by atoms with Gasteiger partial charge in [-0.25, -0.2) is 5.43 Å². The average Bonchev–Trinajstić information content (AvgIpc) is 3.32. The molecule has 11 nitrogen and oxygen atoms in total. The van der Waals surface area contributed by atoms with Gasteiger partial charge in [0.25, 0.3) is 17.3 Å². The van der Waals surface area contributed by atoms with Gasteiger partial charge in [-0.05, 0) is 58.2 Å². The van der Waals surface area contributed by atoms with E-state index in [-0.39, 0.29) is 18.0 Å². The number of non-ortho nitro benzene ring substituents is 2. The molecule has 1 N–H and O–H groups in total. The standard InChI is InChI=1S/C25H19BrN4O7S/c1-2-36-21-10-16(9-20(26)24(21)37-14-15-4-3-5-18(8-15)29(32)33)13-27-28-25(31)23-12-17-11-19(30(34)35)6-7-22(17)38-23/h3-13H,2,14H2,1H3,(H,28,31)/b27-13-. The highest BCUT2D eigenvalue weighted by Gasteiger charge is 2.15. The van der Waals surface area contributed by atoms with Crippen LogP contribution in [0, 0.1) is 20.2 Å². The molecule has 0 aliphatic rings. The van der Waals surface area contributed by atoms with Crippen molar-refractivity contribution in [2.45, 2.75) is 13.5 Å². The Labute approximate surface area is 228 Å². The van der Waals surface area contributed by atoms with Gasteiger partial charge in [0.05, 0.1) is 32.0 Å². The van der Waals surface area contributed by atoms with Crippen LogP contribution in [0.15, 0.2) is 70.2 Å². The molecular weight excluding hydrogens is 580 g/mol. The molecule has 0 spiro atoms. The lowest BCUT2D eigenvalue weighted by Crippen LogP contribution is -2.16. The highest BCUT2D eigenvalue weighted by atomic mass is 79.9. The minimum Gasteiger partial charge on any atom is -0.490 e. The summed E-state index contributed by atoms with van der Waals surface area (Å²) in [5.74, 6) is 0.385. The molecule has 1 amide bonds. The number of amides is 1. The molecule has 0 unspecified atom stereocenters. The van der Waals surface area contributed by atoms with Crippen LogP contribution in [0.25, 0.3) is 10.1 Å². The second kappa shape index (κ2) is 11.8. The molecule has 0 aliphatic carbocycles. The van der Waals surface area contributed by atoms with E-state index in [1.165, 1.54) is 41.8 Å². The Morgan fingerprint density at radius 3 is 2.55 bits per heavy atom. The van der Waals surface area contributed by atoms with Gasteiger partial charge in [-0.2, -0.15) is 5.10 Å². The summed E-state index contributed by atoms with van der Waals surface area (Å²) in [5, 5.41) is 26.6. The van der Waals surface area contributed by atoms with E-state index in [1.54, 1.807) is 36.4 Å². The Bertz CT molecular complexity index is 1570. The minimum atomic E-state index is -0.486. The third kappa shape index (κ3) is 6.30. The zero-order valence-electron chi connectivity index (χ0n) is 19.8. The van der Waals surface area contributed by atoms with E-state index in [9.17, 15) is 25.0 Å². The molecule has 1 heterocycles. The zero-order valence-corrected chi connectivity index (χ0v) is 22.2. The lowest BCUT2D eigenvalue weighted by molar-refractivity contribution is -0.385. The smallest absolute Gasteiger partial charge is 0.281 e. The second-order valence-corrected chi connectivity index (χ2v) is 9.71. The number of carbonyl (C=O) groups excluding carboxylic acids is 1. The minimum absolute atomic E-state index is 0.0271. The number of carbonyl (C=O) groups is 1. The summed E-state index contributed by atoms with van der Waals surface area (Å²) < 4.78 is 12.9. The van der Waals surface area contributed by atoms with Crippen LogP contribution in [0.1, 0.15) is 27.7 Å². The SMILES string of the molecule is CCOc1cc(/C=N\NC(=O)c2cc3cc([N+](=O)[O-])ccc3s2)cc(Br)c1OCc1cccc([N+](=O)[O-])c1. The van der Waals surface area contributed by atoms with Gasteiger partial charge in [0.15, 0.2) is 11.5 Å². The summed E-state index contributed by atoms with van der Waals surface area (Å²) in [6.07, 6.45) is 1.44. The van der Waals surface area contributed by atoms with Gasteiger partial charge < -0.3 is 9.47 Å². The number of nitrogens with one attached hydrogen (secondary N) is 1. The number of halogens is 1. The highest BCUT2D eigenvalue weighted by Crippen LogP contribution is 2.37. The summed E-state index contributed by atoms with van der Waals surface area (Å²) in [6.45, 7) is 2.27. The van der Waals surface area contributed by atoms with Crippen molar-refractivity contribution in [3.8, 4) is 11.5 Å². The second-order valence-electron chi connectivity index (χ2n) is 7.77. The number of hydrogen-bond acceptors (Lipinski definition) is 9. The van der Waals surface area contributed by atoms with Crippen LogP contribution in [0.5, 0.6) is 11.5 Å². The number of nitrogens with zero attached hydrogens (tertiary/aromatic N) is 3. The first-order valence-electron chi connectivity index (χ1n) is 11.1. The maximum atomic E-state index is 12.6. The molecule has 0 bridgehead atoms. The Hall–Kier alpha value is -4.36. The topological polar surface area (TPSA) is 146 Å². The predicted octanol–water partition coefficient (Wildman–Crippen LogP) is 6.22. The van der Waals surface area contributed by atoms with E-state index in [1.807, 2.05) is 6.92 Å². The molecule has 0 saturated heterocycles. The number of ether oxygens (including phenoxy) is 2. The van der Waals surface area contributed by atoms with Gasteiger partial charge >= 0.3 is 0 Å². The predicted molar refractivity (Wildman–Crippen MR) is 146 cm³/mol. The fraction of sp³-hybridized carbons (Fsp3) is 0.120. The maximum absolute atomic E-state index is 12.6. The van der Waals surface area contributed by atoms with Crippen molar-refractivity contribution in [3.05, 3.63) is 101 Å². The molecule has 0 atom stereocenters. The molecule has 4 rings (SSSR count). The number of thiophene rings is 1. The Morgan fingerprint density at radius 1 is 1.05 bits per heavy atom. The largest absolute Gasteiger partial charge is 0.490 e. The molecule has 4 aromatic rings. The normalized spacial score (nSPS) is 11.0. The van der Waals surface area contributed by atoms with Crippen molar-refractivity contribution in [1.29, 1.82) is 0 Å². The van der Waals surface area contributed by atoms with Gasteiger partial charge in [0, 0.05) is 34.4 Å². The Balaban J connectivity index is 1.46. The van der Waals surface area contributed by atoms with Crippen molar-refractivity contribution >= 4 is 60.8 Å². The fourth-order valence-electron chi connectivity index (χ4n) is 3.46. The monoisotopic (exact) mass is 598 g/mol. The number of fused-ring (bicyclic) bond motifs is 1. The van der Waals surface area contributed by atoms with E-state index in [4.69, 9.17) is 9.47 Å². The molecule has 194 valence electrons. The van der Waals surface area contributed by atoms with Crippen LogP contribution >= 0.6 is 27.3 Å². The first-order valence-corrected chi connectivity index (χ1v) is 12.7. The van der Waals surface area contributed by atoms with Gasteiger partial charge in [0.1, 0.15) is 6.61 Å². The lowest BCUT2D eigenvalue weighted by atomic mass is 10.2. The number of hydrazone groups is 1. The zero-order chi connectivity index (χ0) is 27.2. The van der Waals surface area contributed by atoms with Gasteiger partial charge in [0.2, 0.25) is 0 Å². The summed E-state index contributed by atoms with van der Waals surface area (Å²) in [7, 11) is 0. The van der Waals surface area contributed by atoms with Crippen molar-refractivity contribution in [2.75, 3.05) is 6.61 Å². The van der Waals surface area contributed by atoms with Crippen molar-refractivity contribution in [3.63, 3.8) is 0 Å². The molecule has 0 fully saturated rings. The number of rotatable bonds is 10. The van der Waals surface area contributed by atoms with Crippen molar-refractivity contribution in [1.82, 2.24) is 5.43 Å². The molecule has 13 heteroatoms. The molecule has 38 heavy (non-hydrogen) atoms. The first kappa shape index (κ1) is 26.7. The molecule has 0 radical (unpaired) electrons. The first-order chi connectivity index (χ1) is 18.2. The van der Waals surface area contributed by atoms with Gasteiger partial charge in [-0.3, -0.25) is 25.0 Å². The third-order valence-electron chi connectivity index (χ3n) is 5.15. The summed E-state index contributed by atoms with van der Waals surface area (Å²) >= 11 is 4.67. The molecule has 0 aliphatic heterocycles. The van der Waals surface area contributed by atoms with Crippen molar-refractivity contribution in [2.24, 2.45) is 5.10 Å². The summed E-state index contributed by atoms with van der Waals surface area (Å²) in [4.78, 5) is 34.0. The molecule has 3 aromatic carbocycles. The maximum Gasteiger partial charge on any atom is 0.281 e. The van der Waals surface area contributed by atoms with E-state index < -0.39 is 15.8 Å². The Morgan fingerprint density at radius 2 is 1.82 bits per heavy atom. The summed E-state index contributed by atoms with van der Waals surface area (Å²) in [6, 6.07) is 15.6. The molecular formula is C25H19BrN4O7S. The lowest BCUT2D eigenvalue weighted by Gasteiger charge is -2.14. The Kier molecular flexibility index (Phi) is 8.28. The van der Waals surface area contributed by atoms with Crippen LogP contribution in [0.3, 0.4) is 0 Å². The molecule has 1 aromatic heterocycles. The van der Waals surface area contributed by atoms with Crippen LogP contribution in [0.2, 0.25) is 0 Å². The number of nitro groups is 2. The van der Waals surface area contributed by atoms with E-state index in [0.717, 1.165) is 4.70 Å². The fourth-order valence-corrected chi connectivity index (χ4v) is 4.96. The average molecular weight is 599 g/mol. The van der Waals surface area contributed by atoms with Crippen LogP contribution < -0.4 is 14.9 Å². The number of hydrogen-bond donors (Lipinski definition) is 1. The third-order valence-corrected chi connectivity index (χ3v) is 6.85. The van der Waals surface area contributed by atoms with Crippen molar-refractivity contribution < 1.29 is 24.1 Å². The molecule has 0 saturated carbocycles. The van der Waals surface area contributed by atoms with Gasteiger partial charge in [-0.1, -0.05) is 12.1 Å². The van der Waals surface area contributed by atoms with Crippen LogP contribution in [0.4, 0.5) is 11.4 Å². The quantitative estimate of drug-likeness (QED) is 0.129. The number of benzene rings is 3. The van der Waals surface area contributed by atoms with Crippen LogP contribution in [-0.2, 0) is 6.61 Å². The van der Waals surface area contributed by atoms with E-state index in [0.29, 0.717) is 44.0 Å². The summed E-state index contributed by atoms with van der Waals surface area (Å²) in [5.41, 5.74) is 3.61. The van der Waals surface area contributed by atoms with E-state index >= 15 is 0 Å². The number of nitro benzene ring substituents is 2. The van der Waals surface area contributed by atoms with Gasteiger partial charge in [-0.15, -0.1) is 11.3 Å². The van der Waals surface area contributed by atoms with E-state index in [2.05, 4.69) is 26.5 Å². The van der Waals surface area contributed by atoms with Crippen LogP contribution in [-0.4, -0.2) is 28.6 Å². The highest BCUT2D eigenvalue weighted by molar-refractivity contribution is 9.10.